The first kappa shape index (κ1) is 16.8. The number of urea groups is 1. The zero-order valence-electron chi connectivity index (χ0n) is 12.5. The molecule has 2 fully saturated rings. The Kier molecular flexibility index (Phi) is 6.67. The molecule has 0 saturated carbocycles. The summed E-state index contributed by atoms with van der Waals surface area (Å²) in [5.41, 5.74) is 8.12. The molecule has 2 aliphatic heterocycles. The number of hydrogen-bond acceptors (Lipinski definition) is 4. The standard InChI is InChI=1S/C13H22N6O2S/c14-19-16-7-3-6-15-11(20)5-2-1-4-10-12-9(8-22-10)17-13(21)18-12/h9-10,12H,1-8H2,(H,15,20)(H2,17,18,21)/t9-,10-,12-/m0/s1. The van der Waals surface area contributed by atoms with Crippen LogP contribution < -0.4 is 16.0 Å². The van der Waals surface area contributed by atoms with Gasteiger partial charge in [0.15, 0.2) is 0 Å². The summed E-state index contributed by atoms with van der Waals surface area (Å²) in [6.07, 6.45) is 4.07. The maximum Gasteiger partial charge on any atom is 0.315 e. The molecule has 9 heteroatoms. The van der Waals surface area contributed by atoms with Crippen molar-refractivity contribution < 1.29 is 9.59 Å². The number of fused-ring (bicyclic) bond motifs is 1. The lowest BCUT2D eigenvalue weighted by Crippen LogP contribution is -2.36. The van der Waals surface area contributed by atoms with E-state index >= 15 is 0 Å². The third kappa shape index (κ3) is 4.99. The molecule has 122 valence electrons. The van der Waals surface area contributed by atoms with Crippen LogP contribution in [0.2, 0.25) is 0 Å². The molecule has 3 N–H and O–H groups in total. The van der Waals surface area contributed by atoms with Crippen LogP contribution in [0.15, 0.2) is 5.11 Å². The Bertz CT molecular complexity index is 454. The van der Waals surface area contributed by atoms with E-state index in [9.17, 15) is 9.59 Å². The molecule has 22 heavy (non-hydrogen) atoms. The molecule has 0 aromatic heterocycles. The van der Waals surface area contributed by atoms with Crippen molar-refractivity contribution >= 4 is 23.7 Å². The SMILES string of the molecule is [N-]=[N+]=NCCCNC(=O)CCCC[C@@H]1SC[C@@H]2NC(=O)N[C@@H]21. The summed E-state index contributed by atoms with van der Waals surface area (Å²) >= 11 is 1.90. The first-order valence-electron chi connectivity index (χ1n) is 7.67. The van der Waals surface area contributed by atoms with E-state index in [-0.39, 0.29) is 24.0 Å². The lowest BCUT2D eigenvalue weighted by Gasteiger charge is -2.16. The largest absolute Gasteiger partial charge is 0.356 e. The van der Waals surface area contributed by atoms with Gasteiger partial charge in [-0.05, 0) is 24.8 Å². The van der Waals surface area contributed by atoms with Gasteiger partial charge < -0.3 is 16.0 Å². The molecule has 0 aliphatic carbocycles. The molecule has 0 spiro atoms. The first-order valence-corrected chi connectivity index (χ1v) is 8.72. The Morgan fingerprint density at radius 2 is 2.27 bits per heavy atom. The number of rotatable bonds is 9. The van der Waals surface area contributed by atoms with Gasteiger partial charge in [-0.25, -0.2) is 4.79 Å². The molecule has 3 amide bonds. The smallest absolute Gasteiger partial charge is 0.315 e. The number of nitrogens with zero attached hydrogens (tertiary/aromatic N) is 3. The molecule has 2 rings (SSSR count). The normalized spacial score (nSPS) is 25.8. The van der Waals surface area contributed by atoms with Gasteiger partial charge in [0.1, 0.15) is 0 Å². The van der Waals surface area contributed by atoms with Crippen LogP contribution in [0.4, 0.5) is 4.79 Å². The van der Waals surface area contributed by atoms with Gasteiger partial charge in [-0.3, -0.25) is 4.79 Å². The Labute approximate surface area is 133 Å². The maximum absolute atomic E-state index is 11.6. The van der Waals surface area contributed by atoms with E-state index in [0.717, 1.165) is 25.0 Å². The van der Waals surface area contributed by atoms with Crippen LogP contribution >= 0.6 is 11.8 Å². The number of nitrogens with one attached hydrogen (secondary N) is 3. The summed E-state index contributed by atoms with van der Waals surface area (Å²) in [5, 5.41) is 12.6. The van der Waals surface area contributed by atoms with Crippen molar-refractivity contribution in [2.24, 2.45) is 5.11 Å². The summed E-state index contributed by atoms with van der Waals surface area (Å²) in [7, 11) is 0. The van der Waals surface area contributed by atoms with Gasteiger partial charge in [0.05, 0.1) is 12.1 Å². The van der Waals surface area contributed by atoms with Crippen LogP contribution in [-0.2, 0) is 4.79 Å². The van der Waals surface area contributed by atoms with Gasteiger partial charge in [0.2, 0.25) is 5.91 Å². The highest BCUT2D eigenvalue weighted by Crippen LogP contribution is 2.33. The minimum absolute atomic E-state index is 0.0497. The molecule has 8 nitrogen and oxygen atoms in total. The van der Waals surface area contributed by atoms with Crippen molar-refractivity contribution in [2.75, 3.05) is 18.8 Å². The van der Waals surface area contributed by atoms with E-state index in [1.807, 2.05) is 11.8 Å². The molecule has 0 unspecified atom stereocenters. The number of carbonyl (C=O) groups excluding carboxylic acids is 2. The number of hydrogen-bond donors (Lipinski definition) is 3. The van der Waals surface area contributed by atoms with E-state index in [2.05, 4.69) is 26.0 Å². The van der Waals surface area contributed by atoms with E-state index in [1.54, 1.807) is 0 Å². The number of amides is 3. The van der Waals surface area contributed by atoms with Crippen molar-refractivity contribution in [1.29, 1.82) is 0 Å². The highest BCUT2D eigenvalue weighted by atomic mass is 32.2. The minimum Gasteiger partial charge on any atom is -0.356 e. The van der Waals surface area contributed by atoms with Crippen LogP contribution in [0.1, 0.15) is 32.1 Å². The van der Waals surface area contributed by atoms with Crippen LogP contribution in [0.3, 0.4) is 0 Å². The van der Waals surface area contributed by atoms with Crippen molar-refractivity contribution in [3.05, 3.63) is 10.4 Å². The summed E-state index contributed by atoms with van der Waals surface area (Å²) in [4.78, 5) is 25.5. The van der Waals surface area contributed by atoms with Gasteiger partial charge in [-0.1, -0.05) is 11.5 Å². The molecule has 2 aliphatic rings. The predicted octanol–water partition coefficient (Wildman–Crippen LogP) is 1.53. The highest BCUT2D eigenvalue weighted by molar-refractivity contribution is 8.00. The van der Waals surface area contributed by atoms with Crippen molar-refractivity contribution in [3.63, 3.8) is 0 Å². The molecule has 2 heterocycles. The van der Waals surface area contributed by atoms with Gasteiger partial charge in [0, 0.05) is 35.4 Å². The van der Waals surface area contributed by atoms with Crippen LogP contribution in [-0.4, -0.2) is 48.1 Å². The van der Waals surface area contributed by atoms with Crippen LogP contribution in [0, 0.1) is 0 Å². The van der Waals surface area contributed by atoms with Crippen molar-refractivity contribution in [2.45, 2.75) is 49.4 Å². The number of unbranched alkanes of at least 4 members (excludes halogenated alkanes) is 1. The molecule has 0 radical (unpaired) electrons. The van der Waals surface area contributed by atoms with Crippen LogP contribution in [0.5, 0.6) is 0 Å². The lowest BCUT2D eigenvalue weighted by atomic mass is 10.0. The quantitative estimate of drug-likeness (QED) is 0.196. The lowest BCUT2D eigenvalue weighted by molar-refractivity contribution is -0.121. The maximum atomic E-state index is 11.6. The minimum atomic E-state index is -0.0552. The van der Waals surface area contributed by atoms with Gasteiger partial charge >= 0.3 is 6.03 Å². The van der Waals surface area contributed by atoms with E-state index in [0.29, 0.717) is 31.2 Å². The molecule has 0 bridgehead atoms. The monoisotopic (exact) mass is 326 g/mol. The third-order valence-corrected chi connectivity index (χ3v) is 5.41. The topological polar surface area (TPSA) is 119 Å². The second-order valence-corrected chi connectivity index (χ2v) is 6.80. The zero-order valence-corrected chi connectivity index (χ0v) is 13.3. The fraction of sp³-hybridized carbons (Fsp3) is 0.846. The molecule has 3 atom stereocenters. The van der Waals surface area contributed by atoms with Gasteiger partial charge in [-0.2, -0.15) is 11.8 Å². The molecule has 0 aromatic carbocycles. The highest BCUT2D eigenvalue weighted by Gasteiger charge is 2.42. The third-order valence-electron chi connectivity index (χ3n) is 3.90. The average Bonchev–Trinajstić information content (AvgIpc) is 3.03. The van der Waals surface area contributed by atoms with Crippen molar-refractivity contribution in [1.82, 2.24) is 16.0 Å². The van der Waals surface area contributed by atoms with Gasteiger partial charge in [-0.15, -0.1) is 0 Å². The number of azide groups is 1. The predicted molar refractivity (Wildman–Crippen MR) is 85.6 cm³/mol. The Hall–Kier alpha value is -1.60. The van der Waals surface area contributed by atoms with E-state index < -0.39 is 0 Å². The average molecular weight is 326 g/mol. The molecule has 0 aromatic rings. The summed E-state index contributed by atoms with van der Waals surface area (Å²) in [6, 6.07) is 0.453. The summed E-state index contributed by atoms with van der Waals surface area (Å²) in [5.74, 6) is 1.02. The summed E-state index contributed by atoms with van der Waals surface area (Å²) < 4.78 is 0. The zero-order chi connectivity index (χ0) is 15.8. The Morgan fingerprint density at radius 1 is 1.41 bits per heavy atom. The first-order chi connectivity index (χ1) is 10.7. The number of thioether (sulfide) groups is 1. The Balaban J connectivity index is 1.51. The van der Waals surface area contributed by atoms with Gasteiger partial charge in [0.25, 0.3) is 0 Å². The fourth-order valence-corrected chi connectivity index (χ4v) is 4.33. The number of carbonyl (C=O) groups is 2. The Morgan fingerprint density at radius 3 is 3.09 bits per heavy atom. The van der Waals surface area contributed by atoms with Crippen LogP contribution in [0.25, 0.3) is 10.4 Å². The summed E-state index contributed by atoms with van der Waals surface area (Å²) in [6.45, 7) is 0.968. The second kappa shape index (κ2) is 8.75. The van der Waals surface area contributed by atoms with Crippen molar-refractivity contribution in [3.8, 4) is 0 Å². The molecular weight excluding hydrogens is 304 g/mol. The fourth-order valence-electron chi connectivity index (χ4n) is 2.78. The molecule has 2 saturated heterocycles. The second-order valence-electron chi connectivity index (χ2n) is 5.53. The van der Waals surface area contributed by atoms with E-state index in [4.69, 9.17) is 5.53 Å². The van der Waals surface area contributed by atoms with E-state index in [1.165, 1.54) is 0 Å². The molecular formula is C13H22N6O2S.